The van der Waals surface area contributed by atoms with Crippen molar-refractivity contribution >= 4 is 23.7 Å². The number of hydrogen-bond acceptors (Lipinski definition) is 3. The fourth-order valence-corrected chi connectivity index (χ4v) is 1.58. The fourth-order valence-electron chi connectivity index (χ4n) is 1.45. The van der Waals surface area contributed by atoms with Gasteiger partial charge in [-0.2, -0.15) is 5.10 Å². The summed E-state index contributed by atoms with van der Waals surface area (Å²) in [5.74, 6) is -0.186. The van der Waals surface area contributed by atoms with Crippen LogP contribution in [0.3, 0.4) is 0 Å². The van der Waals surface area contributed by atoms with Crippen LogP contribution < -0.4 is 5.43 Å². The molecule has 1 aromatic heterocycles. The second-order valence-corrected chi connectivity index (χ2v) is 4.29. The number of hydrogen-bond donors (Lipinski definition) is 1. The Bertz CT molecular complexity index is 567. The maximum Gasteiger partial charge on any atom is 0.244 e. The number of carbonyl (C=O) groups is 1. The van der Waals surface area contributed by atoms with E-state index in [4.69, 9.17) is 11.6 Å². The standard InChI is InChI=1S/C14H12ClN3O/c15-12-6-4-11(5-7-12)9-14(19)18-17-10-13-3-1-2-8-16-13/h1-8,10H,9H2,(H,18,19)/b17-10-. The van der Waals surface area contributed by atoms with E-state index in [0.717, 1.165) is 5.56 Å². The molecule has 0 spiro atoms. The summed E-state index contributed by atoms with van der Waals surface area (Å²) in [5.41, 5.74) is 4.03. The van der Waals surface area contributed by atoms with E-state index < -0.39 is 0 Å². The third-order valence-corrected chi connectivity index (χ3v) is 2.60. The van der Waals surface area contributed by atoms with Crippen LogP contribution in [0.1, 0.15) is 11.3 Å². The number of halogens is 1. The minimum absolute atomic E-state index is 0.186. The number of amides is 1. The molecule has 0 saturated heterocycles. The Balaban J connectivity index is 1.85. The molecule has 4 nitrogen and oxygen atoms in total. The van der Waals surface area contributed by atoms with Gasteiger partial charge in [-0.1, -0.05) is 29.8 Å². The largest absolute Gasteiger partial charge is 0.273 e. The summed E-state index contributed by atoms with van der Waals surface area (Å²) in [6, 6.07) is 12.6. The second-order valence-electron chi connectivity index (χ2n) is 3.85. The smallest absolute Gasteiger partial charge is 0.244 e. The molecule has 0 fully saturated rings. The topological polar surface area (TPSA) is 54.4 Å². The average molecular weight is 274 g/mol. The minimum Gasteiger partial charge on any atom is -0.273 e. The van der Waals surface area contributed by atoms with Crippen LogP contribution in [0.2, 0.25) is 5.02 Å². The van der Waals surface area contributed by atoms with Crippen molar-refractivity contribution in [2.75, 3.05) is 0 Å². The third kappa shape index (κ3) is 4.52. The van der Waals surface area contributed by atoms with Gasteiger partial charge in [0.2, 0.25) is 5.91 Å². The molecule has 0 radical (unpaired) electrons. The summed E-state index contributed by atoms with van der Waals surface area (Å²) < 4.78 is 0. The van der Waals surface area contributed by atoms with Crippen LogP contribution in [0.4, 0.5) is 0 Å². The maximum absolute atomic E-state index is 11.6. The Morgan fingerprint density at radius 3 is 2.74 bits per heavy atom. The van der Waals surface area contributed by atoms with E-state index in [1.807, 2.05) is 24.3 Å². The molecule has 19 heavy (non-hydrogen) atoms. The van der Waals surface area contributed by atoms with E-state index in [2.05, 4.69) is 15.5 Å². The molecule has 1 amide bonds. The van der Waals surface area contributed by atoms with E-state index in [1.54, 1.807) is 24.4 Å². The van der Waals surface area contributed by atoms with Gasteiger partial charge >= 0.3 is 0 Å². The van der Waals surface area contributed by atoms with Crippen LogP contribution >= 0.6 is 11.6 Å². The number of carbonyl (C=O) groups excluding carboxylic acids is 1. The van der Waals surface area contributed by atoms with E-state index >= 15 is 0 Å². The van der Waals surface area contributed by atoms with Crippen molar-refractivity contribution in [3.05, 3.63) is 64.9 Å². The molecule has 2 rings (SSSR count). The molecule has 1 heterocycles. The summed E-state index contributed by atoms with van der Waals surface area (Å²) >= 11 is 5.77. The number of rotatable bonds is 4. The number of nitrogens with one attached hydrogen (secondary N) is 1. The average Bonchev–Trinajstić information content (AvgIpc) is 2.43. The lowest BCUT2D eigenvalue weighted by molar-refractivity contribution is -0.120. The van der Waals surface area contributed by atoms with E-state index in [9.17, 15) is 4.79 Å². The first-order valence-corrected chi connectivity index (χ1v) is 6.09. The predicted molar refractivity (Wildman–Crippen MR) is 75.1 cm³/mol. The molecule has 0 bridgehead atoms. The van der Waals surface area contributed by atoms with E-state index in [0.29, 0.717) is 10.7 Å². The van der Waals surface area contributed by atoms with Gasteiger partial charge in [0.05, 0.1) is 18.3 Å². The quantitative estimate of drug-likeness (QED) is 0.687. The van der Waals surface area contributed by atoms with Crippen molar-refractivity contribution in [1.82, 2.24) is 10.4 Å². The van der Waals surface area contributed by atoms with Crippen LogP contribution in [0, 0.1) is 0 Å². The second kappa shape index (κ2) is 6.66. The zero-order chi connectivity index (χ0) is 13.5. The zero-order valence-electron chi connectivity index (χ0n) is 10.1. The lowest BCUT2D eigenvalue weighted by atomic mass is 10.1. The van der Waals surface area contributed by atoms with Crippen molar-refractivity contribution in [3.63, 3.8) is 0 Å². The molecule has 0 aliphatic carbocycles. The van der Waals surface area contributed by atoms with Gasteiger partial charge in [0, 0.05) is 11.2 Å². The minimum atomic E-state index is -0.186. The highest BCUT2D eigenvalue weighted by atomic mass is 35.5. The number of hydrazone groups is 1. The molecular formula is C14H12ClN3O. The lowest BCUT2D eigenvalue weighted by Gasteiger charge is -2.00. The highest BCUT2D eigenvalue weighted by Gasteiger charge is 2.01. The highest BCUT2D eigenvalue weighted by molar-refractivity contribution is 6.30. The van der Waals surface area contributed by atoms with Gasteiger partial charge in [-0.15, -0.1) is 0 Å². The van der Waals surface area contributed by atoms with Gasteiger partial charge in [0.15, 0.2) is 0 Å². The number of nitrogens with zero attached hydrogens (tertiary/aromatic N) is 2. The monoisotopic (exact) mass is 273 g/mol. The molecule has 1 N–H and O–H groups in total. The maximum atomic E-state index is 11.6. The van der Waals surface area contributed by atoms with Crippen LogP contribution in [0.15, 0.2) is 53.8 Å². The predicted octanol–water partition coefficient (Wildman–Crippen LogP) is 2.43. The van der Waals surface area contributed by atoms with Crippen LogP contribution in [-0.4, -0.2) is 17.1 Å². The van der Waals surface area contributed by atoms with Gasteiger partial charge in [0.25, 0.3) is 0 Å². The van der Waals surface area contributed by atoms with Gasteiger partial charge < -0.3 is 0 Å². The van der Waals surface area contributed by atoms with Crippen molar-refractivity contribution in [2.45, 2.75) is 6.42 Å². The molecule has 0 unspecified atom stereocenters. The Labute approximate surface area is 116 Å². The molecule has 2 aromatic rings. The Morgan fingerprint density at radius 1 is 1.26 bits per heavy atom. The van der Waals surface area contributed by atoms with Crippen molar-refractivity contribution in [3.8, 4) is 0 Å². The summed E-state index contributed by atoms with van der Waals surface area (Å²) in [7, 11) is 0. The van der Waals surface area contributed by atoms with Crippen molar-refractivity contribution in [1.29, 1.82) is 0 Å². The van der Waals surface area contributed by atoms with Gasteiger partial charge in [-0.3, -0.25) is 9.78 Å². The van der Waals surface area contributed by atoms with Crippen LogP contribution in [0.25, 0.3) is 0 Å². The van der Waals surface area contributed by atoms with Gasteiger partial charge in [0.1, 0.15) is 0 Å². The third-order valence-electron chi connectivity index (χ3n) is 2.35. The van der Waals surface area contributed by atoms with Crippen LogP contribution in [0.5, 0.6) is 0 Å². The van der Waals surface area contributed by atoms with E-state index in [-0.39, 0.29) is 12.3 Å². The summed E-state index contributed by atoms with van der Waals surface area (Å²) in [6.45, 7) is 0. The SMILES string of the molecule is O=C(Cc1ccc(Cl)cc1)N/N=C\c1ccccn1. The molecule has 0 atom stereocenters. The van der Waals surface area contributed by atoms with Crippen molar-refractivity contribution in [2.24, 2.45) is 5.10 Å². The molecule has 0 aliphatic heterocycles. The first-order valence-electron chi connectivity index (χ1n) is 5.71. The molecule has 0 saturated carbocycles. The van der Waals surface area contributed by atoms with Crippen LogP contribution in [-0.2, 0) is 11.2 Å². The lowest BCUT2D eigenvalue weighted by Crippen LogP contribution is -2.19. The van der Waals surface area contributed by atoms with Gasteiger partial charge in [-0.05, 0) is 29.8 Å². The fraction of sp³-hybridized carbons (Fsp3) is 0.0714. The number of benzene rings is 1. The normalized spacial score (nSPS) is 10.6. The molecular weight excluding hydrogens is 262 g/mol. The molecule has 96 valence electrons. The first kappa shape index (κ1) is 13.2. The Hall–Kier alpha value is -2.20. The summed E-state index contributed by atoms with van der Waals surface area (Å²) in [5, 5.41) is 4.49. The first-order chi connectivity index (χ1) is 9.24. The van der Waals surface area contributed by atoms with E-state index in [1.165, 1.54) is 6.21 Å². The number of aromatic nitrogens is 1. The molecule has 5 heteroatoms. The summed E-state index contributed by atoms with van der Waals surface area (Å²) in [6.07, 6.45) is 3.42. The van der Waals surface area contributed by atoms with Crippen molar-refractivity contribution < 1.29 is 4.79 Å². The zero-order valence-corrected chi connectivity index (χ0v) is 10.8. The molecule has 0 aliphatic rings. The summed E-state index contributed by atoms with van der Waals surface area (Å²) in [4.78, 5) is 15.7. The number of pyridine rings is 1. The Morgan fingerprint density at radius 2 is 2.05 bits per heavy atom. The highest BCUT2D eigenvalue weighted by Crippen LogP contribution is 2.09. The van der Waals surface area contributed by atoms with Gasteiger partial charge in [-0.25, -0.2) is 5.43 Å². The molecule has 1 aromatic carbocycles. The Kier molecular flexibility index (Phi) is 4.64.